The maximum atomic E-state index is 6.06. The van der Waals surface area contributed by atoms with Crippen LogP contribution in [0.5, 0.6) is 0 Å². The summed E-state index contributed by atoms with van der Waals surface area (Å²) >= 11 is 1.79. The molecule has 1 aliphatic heterocycles. The molecule has 4 nitrogen and oxygen atoms in total. The Morgan fingerprint density at radius 3 is 2.95 bits per heavy atom. The molecule has 5 heteroatoms. The first-order valence-electron chi connectivity index (χ1n) is 7.23. The SMILES string of the molecule is CCOC1(c2ncc(CNC3CC3)s2)CCOCC1. The van der Waals surface area contributed by atoms with E-state index in [1.165, 1.54) is 17.7 Å². The van der Waals surface area contributed by atoms with Crippen molar-refractivity contribution in [1.82, 2.24) is 10.3 Å². The van der Waals surface area contributed by atoms with E-state index in [9.17, 15) is 0 Å². The molecule has 19 heavy (non-hydrogen) atoms. The minimum absolute atomic E-state index is 0.199. The number of nitrogens with zero attached hydrogens (tertiary/aromatic N) is 1. The van der Waals surface area contributed by atoms with E-state index in [0.29, 0.717) is 0 Å². The van der Waals surface area contributed by atoms with Gasteiger partial charge in [0.25, 0.3) is 0 Å². The second-order valence-electron chi connectivity index (χ2n) is 5.33. The highest BCUT2D eigenvalue weighted by molar-refractivity contribution is 7.11. The molecule has 0 bridgehead atoms. The Hall–Kier alpha value is -0.490. The lowest BCUT2D eigenvalue weighted by molar-refractivity contribution is -0.112. The van der Waals surface area contributed by atoms with Crippen LogP contribution in [0.25, 0.3) is 0 Å². The van der Waals surface area contributed by atoms with E-state index in [4.69, 9.17) is 9.47 Å². The highest BCUT2D eigenvalue weighted by Gasteiger charge is 2.38. The van der Waals surface area contributed by atoms with Gasteiger partial charge in [0, 0.05) is 56.3 Å². The lowest BCUT2D eigenvalue weighted by Crippen LogP contribution is -2.36. The van der Waals surface area contributed by atoms with E-state index < -0.39 is 0 Å². The predicted molar refractivity (Wildman–Crippen MR) is 75.3 cm³/mol. The molecule has 0 radical (unpaired) electrons. The summed E-state index contributed by atoms with van der Waals surface area (Å²) < 4.78 is 11.5. The molecule has 1 aromatic rings. The van der Waals surface area contributed by atoms with Crippen LogP contribution in [0.3, 0.4) is 0 Å². The van der Waals surface area contributed by atoms with E-state index in [-0.39, 0.29) is 5.60 Å². The first-order chi connectivity index (χ1) is 9.32. The molecule has 3 rings (SSSR count). The minimum Gasteiger partial charge on any atom is -0.381 e. The van der Waals surface area contributed by atoms with Crippen LogP contribution >= 0.6 is 11.3 Å². The fourth-order valence-electron chi connectivity index (χ4n) is 2.53. The monoisotopic (exact) mass is 282 g/mol. The van der Waals surface area contributed by atoms with Crippen molar-refractivity contribution in [3.63, 3.8) is 0 Å². The van der Waals surface area contributed by atoms with Gasteiger partial charge in [0.1, 0.15) is 10.6 Å². The van der Waals surface area contributed by atoms with Crippen LogP contribution < -0.4 is 5.32 Å². The van der Waals surface area contributed by atoms with Gasteiger partial charge in [0.2, 0.25) is 0 Å². The van der Waals surface area contributed by atoms with Gasteiger partial charge in [0.05, 0.1) is 0 Å². The Labute approximate surface area is 118 Å². The Kier molecular flexibility index (Phi) is 4.17. The fraction of sp³-hybridized carbons (Fsp3) is 0.786. The van der Waals surface area contributed by atoms with Crippen molar-refractivity contribution in [2.24, 2.45) is 0 Å². The van der Waals surface area contributed by atoms with Crippen molar-refractivity contribution < 1.29 is 9.47 Å². The van der Waals surface area contributed by atoms with Gasteiger partial charge >= 0.3 is 0 Å². The zero-order valence-corrected chi connectivity index (χ0v) is 12.3. The number of nitrogens with one attached hydrogen (secondary N) is 1. The number of hydrogen-bond donors (Lipinski definition) is 1. The van der Waals surface area contributed by atoms with Gasteiger partial charge < -0.3 is 14.8 Å². The number of rotatable bonds is 6. The molecule has 1 N–H and O–H groups in total. The average molecular weight is 282 g/mol. The second kappa shape index (κ2) is 5.87. The first-order valence-corrected chi connectivity index (χ1v) is 8.04. The van der Waals surface area contributed by atoms with Crippen molar-refractivity contribution in [3.05, 3.63) is 16.1 Å². The summed E-state index contributed by atoms with van der Waals surface area (Å²) in [7, 11) is 0. The molecule has 2 heterocycles. The van der Waals surface area contributed by atoms with Gasteiger partial charge in [-0.2, -0.15) is 0 Å². The first kappa shape index (κ1) is 13.5. The predicted octanol–water partition coefficient (Wildman–Crippen LogP) is 2.44. The zero-order valence-electron chi connectivity index (χ0n) is 11.5. The van der Waals surface area contributed by atoms with E-state index in [1.54, 1.807) is 11.3 Å². The third kappa shape index (κ3) is 3.16. The summed E-state index contributed by atoms with van der Waals surface area (Å²) in [5, 5.41) is 4.67. The van der Waals surface area contributed by atoms with E-state index in [0.717, 1.165) is 50.3 Å². The lowest BCUT2D eigenvalue weighted by atomic mass is 9.95. The maximum Gasteiger partial charge on any atom is 0.125 e. The largest absolute Gasteiger partial charge is 0.381 e. The van der Waals surface area contributed by atoms with Gasteiger partial charge in [-0.1, -0.05) is 0 Å². The molecule has 0 spiro atoms. The third-order valence-electron chi connectivity index (χ3n) is 3.81. The number of hydrogen-bond acceptors (Lipinski definition) is 5. The van der Waals surface area contributed by atoms with Crippen molar-refractivity contribution in [1.29, 1.82) is 0 Å². The van der Waals surface area contributed by atoms with Gasteiger partial charge in [-0.25, -0.2) is 4.98 Å². The maximum absolute atomic E-state index is 6.06. The molecule has 2 aliphatic rings. The fourth-order valence-corrected chi connectivity index (χ4v) is 3.59. The van der Waals surface area contributed by atoms with Crippen LogP contribution in [-0.4, -0.2) is 30.8 Å². The molecule has 0 amide bonds. The summed E-state index contributed by atoms with van der Waals surface area (Å²) in [6, 6.07) is 0.745. The third-order valence-corrected chi connectivity index (χ3v) is 4.99. The Bertz CT molecular complexity index is 406. The summed E-state index contributed by atoms with van der Waals surface area (Å²) in [5.74, 6) is 0. The molecule has 0 atom stereocenters. The number of thiazole rings is 1. The highest BCUT2D eigenvalue weighted by Crippen LogP contribution is 2.38. The molecule has 0 unspecified atom stereocenters. The number of ether oxygens (including phenoxy) is 2. The van der Waals surface area contributed by atoms with Gasteiger partial charge in [-0.3, -0.25) is 0 Å². The lowest BCUT2D eigenvalue weighted by Gasteiger charge is -2.35. The normalized spacial score (nSPS) is 22.6. The Morgan fingerprint density at radius 2 is 2.26 bits per heavy atom. The van der Waals surface area contributed by atoms with Crippen LogP contribution in [0.1, 0.15) is 42.5 Å². The molecule has 0 aromatic carbocycles. The van der Waals surface area contributed by atoms with Gasteiger partial charge in [0.15, 0.2) is 0 Å². The summed E-state index contributed by atoms with van der Waals surface area (Å²) in [5.41, 5.74) is -0.199. The molecular formula is C14H22N2O2S. The minimum atomic E-state index is -0.199. The topological polar surface area (TPSA) is 43.4 Å². The van der Waals surface area contributed by atoms with E-state index in [2.05, 4.69) is 17.2 Å². The van der Waals surface area contributed by atoms with Crippen LogP contribution in [0.2, 0.25) is 0 Å². The smallest absolute Gasteiger partial charge is 0.125 e. The second-order valence-corrected chi connectivity index (χ2v) is 6.44. The van der Waals surface area contributed by atoms with Crippen molar-refractivity contribution >= 4 is 11.3 Å². The Morgan fingerprint density at radius 1 is 1.47 bits per heavy atom. The zero-order chi connectivity index (χ0) is 13.1. The summed E-state index contributed by atoms with van der Waals surface area (Å²) in [4.78, 5) is 5.94. The van der Waals surface area contributed by atoms with Crippen LogP contribution in [0.4, 0.5) is 0 Å². The summed E-state index contributed by atoms with van der Waals surface area (Å²) in [6.45, 7) is 5.28. The molecule has 1 saturated carbocycles. The van der Waals surface area contributed by atoms with Crippen molar-refractivity contribution in [2.45, 2.75) is 50.8 Å². The van der Waals surface area contributed by atoms with Crippen LogP contribution in [0.15, 0.2) is 6.20 Å². The van der Waals surface area contributed by atoms with Crippen molar-refractivity contribution in [2.75, 3.05) is 19.8 Å². The molecule has 1 aromatic heterocycles. The standard InChI is InChI=1S/C14H22N2O2S/c1-2-18-14(5-7-17-8-6-14)13-16-10-12(19-13)9-15-11-3-4-11/h10-11,15H,2-9H2,1H3. The quantitative estimate of drug-likeness (QED) is 0.870. The van der Waals surface area contributed by atoms with Gasteiger partial charge in [-0.05, 0) is 19.8 Å². The number of aromatic nitrogens is 1. The molecular weight excluding hydrogens is 260 g/mol. The van der Waals surface area contributed by atoms with Gasteiger partial charge in [-0.15, -0.1) is 11.3 Å². The highest BCUT2D eigenvalue weighted by atomic mass is 32.1. The van der Waals surface area contributed by atoms with Crippen LogP contribution in [0, 0.1) is 0 Å². The van der Waals surface area contributed by atoms with E-state index in [1.807, 2.05) is 6.20 Å². The molecule has 1 aliphatic carbocycles. The van der Waals surface area contributed by atoms with E-state index >= 15 is 0 Å². The Balaban J connectivity index is 1.70. The summed E-state index contributed by atoms with van der Waals surface area (Å²) in [6.07, 6.45) is 6.50. The molecule has 106 valence electrons. The molecule has 1 saturated heterocycles. The van der Waals surface area contributed by atoms with Crippen molar-refractivity contribution in [3.8, 4) is 0 Å². The average Bonchev–Trinajstić information content (AvgIpc) is 3.14. The van der Waals surface area contributed by atoms with Crippen LogP contribution in [-0.2, 0) is 21.6 Å². The molecule has 2 fully saturated rings.